The summed E-state index contributed by atoms with van der Waals surface area (Å²) in [6.45, 7) is 6.85. The molecule has 1 aromatic rings. The smallest absolute Gasteiger partial charge is 0.333 e. The van der Waals surface area contributed by atoms with E-state index >= 15 is 0 Å². The van der Waals surface area contributed by atoms with Crippen LogP contribution < -0.4 is 5.32 Å². The van der Waals surface area contributed by atoms with Gasteiger partial charge in [-0.05, 0) is 24.7 Å². The molecule has 0 radical (unpaired) electrons. The summed E-state index contributed by atoms with van der Waals surface area (Å²) >= 11 is 0. The van der Waals surface area contributed by atoms with E-state index in [1.54, 1.807) is 18.7 Å². The van der Waals surface area contributed by atoms with Gasteiger partial charge in [-0.2, -0.15) is 5.10 Å². The van der Waals surface area contributed by atoms with Crippen LogP contribution in [0.15, 0.2) is 0 Å². The van der Waals surface area contributed by atoms with Crippen LogP contribution in [0, 0.1) is 28.4 Å². The molecule has 0 spiro atoms. The number of aryl methyl sites for hydroxylation is 2. The van der Waals surface area contributed by atoms with Gasteiger partial charge >= 0.3 is 5.69 Å². The van der Waals surface area contributed by atoms with Crippen LogP contribution in [-0.2, 0) is 7.05 Å². The van der Waals surface area contributed by atoms with Gasteiger partial charge in [-0.25, -0.2) is 4.68 Å². The third-order valence-electron chi connectivity index (χ3n) is 3.61. The summed E-state index contributed by atoms with van der Waals surface area (Å²) < 4.78 is 1.54. The van der Waals surface area contributed by atoms with E-state index in [9.17, 15) is 10.1 Å². The summed E-state index contributed by atoms with van der Waals surface area (Å²) in [7, 11) is 1.72. The summed E-state index contributed by atoms with van der Waals surface area (Å²) in [5.41, 5.74) is 0.913. The molecule has 6 heteroatoms. The van der Waals surface area contributed by atoms with Crippen molar-refractivity contribution >= 4 is 11.5 Å². The summed E-state index contributed by atoms with van der Waals surface area (Å²) in [5.74, 6) is 1.10. The average molecular weight is 238 g/mol. The lowest BCUT2D eigenvalue weighted by atomic mass is 10.1. The molecule has 0 saturated heterocycles. The quantitative estimate of drug-likeness (QED) is 0.644. The topological polar surface area (TPSA) is 73.0 Å². The van der Waals surface area contributed by atoms with Gasteiger partial charge in [0.1, 0.15) is 5.69 Å². The van der Waals surface area contributed by atoms with Gasteiger partial charge in [0.25, 0.3) is 0 Å². The van der Waals surface area contributed by atoms with Crippen LogP contribution in [0.25, 0.3) is 0 Å². The number of rotatable bonds is 4. The SMILES string of the molecule is Cc1nn(C)c(NCC2CC2(C)C)c1[N+](=O)[O-]. The number of aromatic nitrogens is 2. The van der Waals surface area contributed by atoms with Gasteiger partial charge in [-0.3, -0.25) is 10.1 Å². The van der Waals surface area contributed by atoms with Crippen molar-refractivity contribution in [1.82, 2.24) is 9.78 Å². The first-order valence-corrected chi connectivity index (χ1v) is 5.75. The van der Waals surface area contributed by atoms with Crippen molar-refractivity contribution < 1.29 is 4.92 Å². The second kappa shape index (κ2) is 3.72. The number of nitrogens with one attached hydrogen (secondary N) is 1. The lowest BCUT2D eigenvalue weighted by Gasteiger charge is -2.07. The Kier molecular flexibility index (Phi) is 2.60. The molecule has 1 N–H and O–H groups in total. The van der Waals surface area contributed by atoms with Crippen LogP contribution in [0.2, 0.25) is 0 Å². The van der Waals surface area contributed by atoms with E-state index in [0.717, 1.165) is 6.54 Å². The largest absolute Gasteiger partial charge is 0.364 e. The van der Waals surface area contributed by atoms with Crippen molar-refractivity contribution in [2.24, 2.45) is 18.4 Å². The maximum absolute atomic E-state index is 11.0. The first-order chi connectivity index (χ1) is 7.83. The van der Waals surface area contributed by atoms with E-state index < -0.39 is 0 Å². The molecule has 0 amide bonds. The molecule has 1 saturated carbocycles. The van der Waals surface area contributed by atoms with Crippen molar-refractivity contribution in [1.29, 1.82) is 0 Å². The predicted octanol–water partition coefficient (Wildman–Crippen LogP) is 2.09. The highest BCUT2D eigenvalue weighted by molar-refractivity contribution is 5.59. The molecule has 1 aliphatic rings. The number of hydrogen-bond acceptors (Lipinski definition) is 4. The number of hydrogen-bond donors (Lipinski definition) is 1. The van der Waals surface area contributed by atoms with Gasteiger partial charge in [-0.1, -0.05) is 13.8 Å². The monoisotopic (exact) mass is 238 g/mol. The molecule has 1 unspecified atom stereocenters. The van der Waals surface area contributed by atoms with Crippen LogP contribution in [0.3, 0.4) is 0 Å². The lowest BCUT2D eigenvalue weighted by Crippen LogP contribution is -2.11. The maximum atomic E-state index is 11.0. The van der Waals surface area contributed by atoms with E-state index in [4.69, 9.17) is 0 Å². The Morgan fingerprint density at radius 2 is 2.24 bits per heavy atom. The van der Waals surface area contributed by atoms with Crippen molar-refractivity contribution in [3.05, 3.63) is 15.8 Å². The molecule has 6 nitrogen and oxygen atoms in total. The molecular weight excluding hydrogens is 220 g/mol. The second-order valence-electron chi connectivity index (χ2n) is 5.43. The lowest BCUT2D eigenvalue weighted by molar-refractivity contribution is -0.384. The van der Waals surface area contributed by atoms with Gasteiger partial charge in [0.15, 0.2) is 0 Å². The second-order valence-corrected chi connectivity index (χ2v) is 5.43. The van der Waals surface area contributed by atoms with Gasteiger partial charge < -0.3 is 5.32 Å². The first-order valence-electron chi connectivity index (χ1n) is 5.75. The minimum absolute atomic E-state index is 0.0888. The predicted molar refractivity (Wildman–Crippen MR) is 65.0 cm³/mol. The summed E-state index contributed by atoms with van der Waals surface area (Å²) in [4.78, 5) is 10.6. The van der Waals surface area contributed by atoms with Crippen molar-refractivity contribution in [3.63, 3.8) is 0 Å². The fourth-order valence-electron chi connectivity index (χ4n) is 2.21. The highest BCUT2D eigenvalue weighted by Crippen LogP contribution is 2.51. The number of anilines is 1. The van der Waals surface area contributed by atoms with E-state index in [1.165, 1.54) is 6.42 Å². The fraction of sp³-hybridized carbons (Fsp3) is 0.727. The van der Waals surface area contributed by atoms with E-state index in [-0.39, 0.29) is 10.6 Å². The summed E-state index contributed by atoms with van der Waals surface area (Å²) in [5, 5.41) is 18.2. The summed E-state index contributed by atoms with van der Waals surface area (Å²) in [6, 6.07) is 0. The maximum Gasteiger partial charge on any atom is 0.333 e. The fourth-order valence-corrected chi connectivity index (χ4v) is 2.21. The number of nitrogens with zero attached hydrogens (tertiary/aromatic N) is 3. The molecule has 0 aliphatic heterocycles. The molecule has 1 aliphatic carbocycles. The summed E-state index contributed by atoms with van der Waals surface area (Å²) in [6.07, 6.45) is 1.17. The molecule has 94 valence electrons. The zero-order valence-corrected chi connectivity index (χ0v) is 10.6. The standard InChI is InChI=1S/C11H18N4O2/c1-7-9(15(16)17)10(14(4)13-7)12-6-8-5-11(8,2)3/h8,12H,5-6H2,1-4H3. The molecule has 1 aromatic heterocycles. The molecule has 1 atom stereocenters. The Morgan fingerprint density at radius 1 is 1.65 bits per heavy atom. The highest BCUT2D eigenvalue weighted by Gasteiger charge is 2.45. The molecule has 0 bridgehead atoms. The van der Waals surface area contributed by atoms with Crippen LogP contribution in [0.4, 0.5) is 11.5 Å². The van der Waals surface area contributed by atoms with E-state index in [1.807, 2.05) is 0 Å². The Morgan fingerprint density at radius 3 is 2.71 bits per heavy atom. The Labute approximate surface area is 100 Å². The van der Waals surface area contributed by atoms with E-state index in [2.05, 4.69) is 24.3 Å². The van der Waals surface area contributed by atoms with Crippen LogP contribution in [0.5, 0.6) is 0 Å². The van der Waals surface area contributed by atoms with Crippen LogP contribution in [-0.4, -0.2) is 21.2 Å². The van der Waals surface area contributed by atoms with Gasteiger partial charge in [0, 0.05) is 13.6 Å². The zero-order chi connectivity index (χ0) is 12.8. The Bertz CT molecular complexity index is 464. The average Bonchev–Trinajstić information content (AvgIpc) is 2.67. The highest BCUT2D eigenvalue weighted by atomic mass is 16.6. The molecule has 2 rings (SSSR count). The minimum Gasteiger partial charge on any atom is -0.364 e. The third kappa shape index (κ3) is 2.11. The Hall–Kier alpha value is -1.59. The van der Waals surface area contributed by atoms with Gasteiger partial charge in [0.05, 0.1) is 4.92 Å². The molecule has 1 fully saturated rings. The van der Waals surface area contributed by atoms with Crippen LogP contribution in [0.1, 0.15) is 26.0 Å². The minimum atomic E-state index is -0.372. The molecule has 0 aromatic carbocycles. The first kappa shape index (κ1) is 11.9. The molecule has 17 heavy (non-hydrogen) atoms. The molecular formula is C11H18N4O2. The number of nitro groups is 1. The van der Waals surface area contributed by atoms with Crippen molar-refractivity contribution in [3.8, 4) is 0 Å². The zero-order valence-electron chi connectivity index (χ0n) is 10.6. The van der Waals surface area contributed by atoms with Crippen LogP contribution >= 0.6 is 0 Å². The van der Waals surface area contributed by atoms with Crippen molar-refractivity contribution in [2.75, 3.05) is 11.9 Å². The van der Waals surface area contributed by atoms with Gasteiger partial charge in [0.2, 0.25) is 5.82 Å². The normalized spacial score (nSPS) is 21.3. The van der Waals surface area contributed by atoms with Gasteiger partial charge in [-0.15, -0.1) is 0 Å². The van der Waals surface area contributed by atoms with E-state index in [0.29, 0.717) is 22.8 Å². The Balaban J connectivity index is 2.12. The third-order valence-corrected chi connectivity index (χ3v) is 3.61. The van der Waals surface area contributed by atoms with Crippen molar-refractivity contribution in [2.45, 2.75) is 27.2 Å². The molecule has 1 heterocycles.